The third kappa shape index (κ3) is 12.0. The van der Waals surface area contributed by atoms with E-state index in [1.807, 2.05) is 34.6 Å². The van der Waals surface area contributed by atoms with Crippen LogP contribution in [0.2, 0.25) is 0 Å². The lowest BCUT2D eigenvalue weighted by Gasteiger charge is -2.29. The summed E-state index contributed by atoms with van der Waals surface area (Å²) < 4.78 is 63.5. The Bertz CT molecular complexity index is 922. The minimum absolute atomic E-state index is 0.250. The third-order valence-corrected chi connectivity index (χ3v) is 6.55. The second-order valence-electron chi connectivity index (χ2n) is 9.81. The Morgan fingerprint density at radius 1 is 1.05 bits per heavy atom. The summed E-state index contributed by atoms with van der Waals surface area (Å²) in [6, 6.07) is 3.36. The van der Waals surface area contributed by atoms with Gasteiger partial charge < -0.3 is 10.5 Å². The van der Waals surface area contributed by atoms with E-state index in [1.54, 1.807) is 25.1 Å². The molecule has 1 saturated carbocycles. The highest BCUT2D eigenvalue weighted by Crippen LogP contribution is 2.36. The number of rotatable bonds is 3. The molecule has 3 atom stereocenters. The zero-order valence-electron chi connectivity index (χ0n) is 25.4. The van der Waals surface area contributed by atoms with Crippen LogP contribution in [-0.2, 0) is 4.79 Å². The normalized spacial score (nSPS) is 22.0. The van der Waals surface area contributed by atoms with Crippen molar-refractivity contribution in [2.24, 2.45) is 27.7 Å². The molecule has 40 heavy (non-hydrogen) atoms. The summed E-state index contributed by atoms with van der Waals surface area (Å²) in [6.07, 6.45) is 4.59. The van der Waals surface area contributed by atoms with E-state index in [0.29, 0.717) is 24.1 Å². The van der Waals surface area contributed by atoms with Gasteiger partial charge in [0.2, 0.25) is 0 Å². The number of carbonyl (C=O) groups excluding carboxylic acids is 1. The number of aliphatic imine (C=N–C) groups is 1. The summed E-state index contributed by atoms with van der Waals surface area (Å²) in [5.41, 5.74) is 6.92. The van der Waals surface area contributed by atoms with Crippen LogP contribution in [0.1, 0.15) is 104 Å². The number of aryl methyl sites for hydroxylation is 1. The van der Waals surface area contributed by atoms with Crippen LogP contribution in [0.4, 0.5) is 27.6 Å². The van der Waals surface area contributed by atoms with E-state index < -0.39 is 35.8 Å². The fourth-order valence-corrected chi connectivity index (χ4v) is 4.57. The van der Waals surface area contributed by atoms with Crippen LogP contribution in [0.15, 0.2) is 28.3 Å². The fourth-order valence-electron chi connectivity index (χ4n) is 4.57. The summed E-state index contributed by atoms with van der Waals surface area (Å²) in [4.78, 5) is 14.1. The van der Waals surface area contributed by atoms with Gasteiger partial charge in [0.05, 0.1) is 11.6 Å². The molecule has 1 aliphatic carbocycles. The number of carbonyl (C=O) groups is 1. The van der Waals surface area contributed by atoms with E-state index in [2.05, 4.69) is 17.0 Å². The molecule has 0 bridgehead atoms. The van der Waals surface area contributed by atoms with Gasteiger partial charge >= 0.3 is 6.18 Å². The number of hydrogen-bond acceptors (Lipinski definition) is 5. The zero-order chi connectivity index (χ0) is 31.1. The first-order chi connectivity index (χ1) is 18.8. The molecular weight excluding hydrogens is 527 g/mol. The Balaban J connectivity index is 0.000000567. The second kappa shape index (κ2) is 18.1. The highest BCUT2D eigenvalue weighted by atomic mass is 19.4. The van der Waals surface area contributed by atoms with E-state index in [1.165, 1.54) is 43.3 Å². The van der Waals surface area contributed by atoms with Crippen molar-refractivity contribution in [2.45, 2.75) is 118 Å². The molecule has 1 aromatic rings. The van der Waals surface area contributed by atoms with Crippen molar-refractivity contribution in [2.75, 3.05) is 6.54 Å². The molecular formula is C30H49F5N4O. The fraction of sp³-hybridized carbons (Fsp3) is 0.700. The van der Waals surface area contributed by atoms with Crippen LogP contribution in [0.25, 0.3) is 0 Å². The molecule has 10 heteroatoms. The Morgan fingerprint density at radius 2 is 1.62 bits per heavy atom. The molecule has 4 rings (SSSR count). The van der Waals surface area contributed by atoms with Crippen LogP contribution in [-0.4, -0.2) is 47.9 Å². The van der Waals surface area contributed by atoms with Gasteiger partial charge in [-0.15, -0.1) is 0 Å². The molecule has 3 unspecified atom stereocenters. The summed E-state index contributed by atoms with van der Waals surface area (Å²) in [7, 11) is 0. The SMILES string of the molecule is CC.CC.CC1CCCCC1.CCN1N=CC(C=O)C1C(C)(F)F.Cc1ccc2c(c1)C(N)CC(C(F)(F)F)=N2. The van der Waals surface area contributed by atoms with E-state index in [0.717, 1.165) is 18.4 Å². The molecule has 230 valence electrons. The van der Waals surface area contributed by atoms with Crippen molar-refractivity contribution in [1.82, 2.24) is 5.01 Å². The predicted octanol–water partition coefficient (Wildman–Crippen LogP) is 8.82. The molecule has 0 saturated heterocycles. The topological polar surface area (TPSA) is 71.0 Å². The Hall–Kier alpha value is -2.36. The van der Waals surface area contributed by atoms with Crippen LogP contribution < -0.4 is 5.73 Å². The van der Waals surface area contributed by atoms with Crippen LogP contribution in [0.3, 0.4) is 0 Å². The highest BCUT2D eigenvalue weighted by Gasteiger charge is 2.45. The number of nitrogens with two attached hydrogens (primary N) is 1. The number of benzene rings is 1. The average molecular weight is 577 g/mol. The third-order valence-electron chi connectivity index (χ3n) is 6.55. The van der Waals surface area contributed by atoms with Gasteiger partial charge in [-0.1, -0.05) is 84.4 Å². The summed E-state index contributed by atoms with van der Waals surface area (Å²) >= 11 is 0. The standard InChI is InChI=1S/C11H11F3N2.C8H12F2N2O.C7H14.2C2H6/c1-6-2-3-9-7(4-6)8(15)5-10(16-9)11(12,13)14;1-3-12-7(8(2,9)10)6(5-13)4-11-12;1-7-5-3-2-4-6-7;2*1-2/h2-4,8H,5,15H2,1H3;4-7H,3H2,1-2H3;7H,2-6H2,1H3;2*1-2H3. The maximum Gasteiger partial charge on any atom is 0.429 e. The van der Waals surface area contributed by atoms with Gasteiger partial charge in [-0.05, 0) is 31.4 Å². The zero-order valence-corrected chi connectivity index (χ0v) is 25.4. The van der Waals surface area contributed by atoms with E-state index >= 15 is 0 Å². The smallest absolute Gasteiger partial charge is 0.324 e. The number of alkyl halides is 5. The Labute approximate surface area is 237 Å². The largest absolute Gasteiger partial charge is 0.429 e. The first-order valence-corrected chi connectivity index (χ1v) is 14.4. The molecule has 0 aromatic heterocycles. The van der Waals surface area contributed by atoms with E-state index in [4.69, 9.17) is 5.73 Å². The van der Waals surface area contributed by atoms with Crippen molar-refractivity contribution in [3.05, 3.63) is 29.3 Å². The molecule has 2 N–H and O–H groups in total. The molecule has 0 spiro atoms. The highest BCUT2D eigenvalue weighted by molar-refractivity contribution is 5.94. The summed E-state index contributed by atoms with van der Waals surface area (Å²) in [6.45, 7) is 15.2. The van der Waals surface area contributed by atoms with Crippen LogP contribution in [0, 0.1) is 18.8 Å². The average Bonchev–Trinajstić information content (AvgIpc) is 3.36. The van der Waals surface area contributed by atoms with Gasteiger partial charge in [-0.3, -0.25) is 5.01 Å². The van der Waals surface area contributed by atoms with Gasteiger partial charge in [-0.25, -0.2) is 13.8 Å². The quantitative estimate of drug-likeness (QED) is 0.289. The van der Waals surface area contributed by atoms with Crippen molar-refractivity contribution >= 4 is 23.9 Å². The predicted molar refractivity (Wildman–Crippen MR) is 156 cm³/mol. The first-order valence-electron chi connectivity index (χ1n) is 14.4. The van der Waals surface area contributed by atoms with Gasteiger partial charge in [0.25, 0.3) is 5.92 Å². The Kier molecular flexibility index (Phi) is 17.1. The Morgan fingerprint density at radius 3 is 2.05 bits per heavy atom. The number of fused-ring (bicyclic) bond motifs is 1. The summed E-state index contributed by atoms with van der Waals surface area (Å²) in [5.74, 6) is -2.66. The lowest BCUT2D eigenvalue weighted by molar-refractivity contribution is -0.117. The first kappa shape index (κ1) is 37.6. The number of nitrogens with zero attached hydrogens (tertiary/aromatic N) is 3. The lowest BCUT2D eigenvalue weighted by Crippen LogP contribution is -2.45. The molecule has 2 aliphatic heterocycles. The molecule has 1 fully saturated rings. The van der Waals surface area contributed by atoms with Gasteiger partial charge in [0.15, 0.2) is 0 Å². The number of aldehydes is 1. The van der Waals surface area contributed by atoms with Gasteiger partial charge in [0, 0.05) is 32.1 Å². The molecule has 1 aromatic carbocycles. The molecule has 3 aliphatic rings. The van der Waals surface area contributed by atoms with Crippen molar-refractivity contribution in [3.8, 4) is 0 Å². The minimum atomic E-state index is -4.39. The summed E-state index contributed by atoms with van der Waals surface area (Å²) in [5, 5.41) is 5.00. The molecule has 2 heterocycles. The second-order valence-corrected chi connectivity index (χ2v) is 9.81. The number of hydrogen-bond donors (Lipinski definition) is 1. The molecule has 5 nitrogen and oxygen atoms in total. The van der Waals surface area contributed by atoms with Gasteiger partial charge in [-0.2, -0.15) is 18.3 Å². The monoisotopic (exact) mass is 576 g/mol. The number of hydrazone groups is 1. The van der Waals surface area contributed by atoms with Crippen molar-refractivity contribution in [3.63, 3.8) is 0 Å². The number of halogens is 5. The molecule has 0 amide bonds. The lowest BCUT2D eigenvalue weighted by atomic mass is 9.91. The van der Waals surface area contributed by atoms with Crippen molar-refractivity contribution in [1.29, 1.82) is 0 Å². The van der Waals surface area contributed by atoms with E-state index in [-0.39, 0.29) is 6.42 Å². The maximum absolute atomic E-state index is 13.0. The molecule has 0 radical (unpaired) electrons. The van der Waals surface area contributed by atoms with E-state index in [9.17, 15) is 26.7 Å². The van der Waals surface area contributed by atoms with Crippen LogP contribution >= 0.6 is 0 Å². The van der Waals surface area contributed by atoms with Crippen LogP contribution in [0.5, 0.6) is 0 Å². The van der Waals surface area contributed by atoms with Gasteiger partial charge in [0.1, 0.15) is 18.0 Å². The maximum atomic E-state index is 13.0. The van der Waals surface area contributed by atoms with Crippen molar-refractivity contribution < 1.29 is 26.7 Å². The minimum Gasteiger partial charge on any atom is -0.324 e.